The van der Waals surface area contributed by atoms with Crippen molar-refractivity contribution in [1.29, 1.82) is 5.39 Å². The van der Waals surface area contributed by atoms with E-state index >= 15 is 0 Å². The third-order valence-electron chi connectivity index (χ3n) is 5.29. The summed E-state index contributed by atoms with van der Waals surface area (Å²) >= 11 is 0. The molecule has 33 heavy (non-hydrogen) atoms. The van der Waals surface area contributed by atoms with Crippen LogP contribution < -0.4 is 5.32 Å². The number of ether oxygens (including phenoxy) is 2. The van der Waals surface area contributed by atoms with Crippen LogP contribution in [0.25, 0.3) is 16.1 Å². The van der Waals surface area contributed by atoms with Crippen molar-refractivity contribution in [2.24, 2.45) is 0 Å². The molecule has 1 aliphatic carbocycles. The van der Waals surface area contributed by atoms with Crippen LogP contribution in [0, 0.1) is 5.39 Å². The highest BCUT2D eigenvalue weighted by Gasteiger charge is 2.31. The Hall–Kier alpha value is -3.73. The molecule has 8 nitrogen and oxygen atoms in total. The molecule has 8 heteroatoms. The first-order valence-electron chi connectivity index (χ1n) is 10.9. The van der Waals surface area contributed by atoms with Crippen molar-refractivity contribution in [2.75, 3.05) is 13.2 Å². The summed E-state index contributed by atoms with van der Waals surface area (Å²) in [6.07, 6.45) is -0.822. The van der Waals surface area contributed by atoms with E-state index in [1.54, 1.807) is 20.8 Å². The number of ketones is 1. The van der Waals surface area contributed by atoms with E-state index in [4.69, 9.17) is 14.9 Å². The largest absolute Gasteiger partial charge is 0.458 e. The number of hydrogen-bond acceptors (Lipinski definition) is 6. The minimum absolute atomic E-state index is 0.00740. The van der Waals surface area contributed by atoms with Crippen molar-refractivity contribution in [3.05, 3.63) is 64.6 Å². The zero-order chi connectivity index (χ0) is 24.0. The fourth-order valence-electron chi connectivity index (χ4n) is 3.87. The summed E-state index contributed by atoms with van der Waals surface area (Å²) in [5.74, 6) is -1.14. The Morgan fingerprint density at radius 3 is 2.15 bits per heavy atom. The summed E-state index contributed by atoms with van der Waals surface area (Å²) in [4.78, 5) is 39.7. The highest BCUT2D eigenvalue weighted by Crippen LogP contribution is 2.44. The molecule has 0 unspecified atom stereocenters. The molecule has 1 atom stereocenters. The number of esters is 1. The normalized spacial score (nSPS) is 13.3. The molecule has 0 radical (unpaired) electrons. The number of amides is 1. The Morgan fingerprint density at radius 1 is 1.03 bits per heavy atom. The second-order valence-electron chi connectivity index (χ2n) is 8.93. The number of nitrogens with zero attached hydrogens (tertiary/aromatic N) is 2. The minimum atomic E-state index is -1.07. The van der Waals surface area contributed by atoms with Crippen LogP contribution in [-0.2, 0) is 19.1 Å². The SMILES string of the molecule is CC(C)(C)OC(=O)[C@H](CCC(=O)C[N+]#N)NC(=O)OCC1c2ccccc2-c2ccccc21. The zero-order valence-electron chi connectivity index (χ0n) is 19.0. The van der Waals surface area contributed by atoms with Gasteiger partial charge in [-0.05, 0) is 49.4 Å². The van der Waals surface area contributed by atoms with Gasteiger partial charge in [-0.3, -0.25) is 4.79 Å². The molecule has 0 saturated carbocycles. The molecule has 1 amide bonds. The lowest BCUT2D eigenvalue weighted by molar-refractivity contribution is -0.157. The lowest BCUT2D eigenvalue weighted by atomic mass is 9.98. The summed E-state index contributed by atoms with van der Waals surface area (Å²) in [6, 6.07) is 14.9. The van der Waals surface area contributed by atoms with Gasteiger partial charge in [0.1, 0.15) is 23.2 Å². The number of alkyl carbamates (subject to hydrolysis) is 1. The maximum absolute atomic E-state index is 12.6. The summed E-state index contributed by atoms with van der Waals surface area (Å²) in [5, 5.41) is 11.1. The Kier molecular flexibility index (Phi) is 7.44. The van der Waals surface area contributed by atoms with Crippen molar-refractivity contribution >= 4 is 17.8 Å². The first-order chi connectivity index (χ1) is 15.7. The fraction of sp³-hybridized carbons (Fsp3) is 0.400. The molecular weight excluding hydrogens is 422 g/mol. The van der Waals surface area contributed by atoms with Crippen LogP contribution in [0.3, 0.4) is 0 Å². The van der Waals surface area contributed by atoms with E-state index in [0.717, 1.165) is 22.3 Å². The van der Waals surface area contributed by atoms with Crippen LogP contribution in [0.4, 0.5) is 4.79 Å². The van der Waals surface area contributed by atoms with Gasteiger partial charge in [0.05, 0.1) is 0 Å². The van der Waals surface area contributed by atoms with E-state index in [1.807, 2.05) is 48.5 Å². The second kappa shape index (κ2) is 10.3. The lowest BCUT2D eigenvalue weighted by Crippen LogP contribution is -2.45. The monoisotopic (exact) mass is 450 g/mol. The molecule has 0 aliphatic heterocycles. The van der Waals surface area contributed by atoms with Gasteiger partial charge in [0.15, 0.2) is 0 Å². The molecule has 2 aromatic carbocycles. The van der Waals surface area contributed by atoms with Gasteiger partial charge >= 0.3 is 18.6 Å². The van der Waals surface area contributed by atoms with Crippen LogP contribution >= 0.6 is 0 Å². The van der Waals surface area contributed by atoms with Gasteiger partial charge in [-0.25, -0.2) is 9.59 Å². The summed E-state index contributed by atoms with van der Waals surface area (Å²) in [5.41, 5.74) is 3.62. The number of carbonyl (C=O) groups is 3. The van der Waals surface area contributed by atoms with E-state index in [1.165, 1.54) is 0 Å². The van der Waals surface area contributed by atoms with Gasteiger partial charge in [-0.1, -0.05) is 48.5 Å². The Labute approximate surface area is 192 Å². The van der Waals surface area contributed by atoms with E-state index in [2.05, 4.69) is 10.3 Å². The summed E-state index contributed by atoms with van der Waals surface area (Å²) in [6.45, 7) is 4.87. The van der Waals surface area contributed by atoms with Gasteiger partial charge in [-0.15, -0.1) is 0 Å². The molecule has 0 spiro atoms. The Morgan fingerprint density at radius 2 is 1.61 bits per heavy atom. The number of benzene rings is 2. The highest BCUT2D eigenvalue weighted by molar-refractivity contribution is 5.85. The molecule has 2 aromatic rings. The Balaban J connectivity index is 1.67. The van der Waals surface area contributed by atoms with Crippen LogP contribution in [0.15, 0.2) is 48.5 Å². The van der Waals surface area contributed by atoms with E-state index < -0.39 is 23.7 Å². The first kappa shape index (κ1) is 23.9. The lowest BCUT2D eigenvalue weighted by Gasteiger charge is -2.24. The maximum atomic E-state index is 12.6. The average Bonchev–Trinajstić information content (AvgIpc) is 3.08. The molecule has 0 heterocycles. The smallest absolute Gasteiger partial charge is 0.407 e. The maximum Gasteiger partial charge on any atom is 0.407 e. The third-order valence-corrected chi connectivity index (χ3v) is 5.29. The van der Waals surface area contributed by atoms with E-state index in [0.29, 0.717) is 0 Å². The molecule has 0 aromatic heterocycles. The van der Waals surface area contributed by atoms with Crippen LogP contribution in [-0.4, -0.2) is 42.6 Å². The van der Waals surface area contributed by atoms with Crippen molar-refractivity contribution in [3.63, 3.8) is 0 Å². The van der Waals surface area contributed by atoms with E-state index in [9.17, 15) is 14.4 Å². The molecule has 1 aliphatic rings. The molecule has 172 valence electrons. The van der Waals surface area contributed by atoms with Crippen molar-refractivity contribution in [3.8, 4) is 11.1 Å². The van der Waals surface area contributed by atoms with Crippen molar-refractivity contribution in [1.82, 2.24) is 5.32 Å². The zero-order valence-corrected chi connectivity index (χ0v) is 19.0. The van der Waals surface area contributed by atoms with Crippen LogP contribution in [0.1, 0.15) is 50.7 Å². The Bertz CT molecular complexity index is 1040. The summed E-state index contributed by atoms with van der Waals surface area (Å²) in [7, 11) is 0. The third kappa shape index (κ3) is 6.16. The minimum Gasteiger partial charge on any atom is -0.458 e. The molecule has 0 bridgehead atoms. The molecule has 0 fully saturated rings. The number of Topliss-reactive ketones (excluding diaryl/α,β-unsaturated/α-hetero) is 1. The number of hydrogen-bond donors (Lipinski definition) is 1. The van der Waals surface area contributed by atoms with Crippen molar-refractivity contribution in [2.45, 2.75) is 51.2 Å². The topological polar surface area (TPSA) is 110 Å². The number of rotatable bonds is 8. The standard InChI is InChI=1S/C25H27N3O5/c1-25(2,3)33-23(30)22(13-12-16(29)14-27-26)28-24(31)32-15-21-19-10-6-4-8-17(19)18-9-5-7-11-20(18)21/h4-11,21-22H,12-15H2,1-3H3/p+1/t22-/m0/s1. The number of fused-ring (bicyclic) bond motifs is 3. The average molecular weight is 451 g/mol. The van der Waals surface area contributed by atoms with Crippen LogP contribution in [0.2, 0.25) is 0 Å². The van der Waals surface area contributed by atoms with Gasteiger partial charge in [0, 0.05) is 12.3 Å². The van der Waals surface area contributed by atoms with E-state index in [-0.39, 0.29) is 37.7 Å². The van der Waals surface area contributed by atoms with Crippen molar-refractivity contribution < 1.29 is 23.9 Å². The quantitative estimate of drug-likeness (QED) is 0.470. The molecular formula is C25H28N3O5+. The second-order valence-corrected chi connectivity index (χ2v) is 8.93. The predicted octanol–water partition coefficient (Wildman–Crippen LogP) is 4.44. The first-order valence-corrected chi connectivity index (χ1v) is 10.9. The van der Waals surface area contributed by atoms with Gasteiger partial charge in [0.25, 0.3) is 0 Å². The van der Waals surface area contributed by atoms with Gasteiger partial charge < -0.3 is 14.8 Å². The molecule has 3 rings (SSSR count). The molecule has 1 N–H and O–H groups in total. The fourth-order valence-corrected chi connectivity index (χ4v) is 3.87. The van der Waals surface area contributed by atoms with Gasteiger partial charge in [-0.2, -0.15) is 0 Å². The molecule has 0 saturated heterocycles. The highest BCUT2D eigenvalue weighted by atomic mass is 16.6. The van der Waals surface area contributed by atoms with Gasteiger partial charge in [0.2, 0.25) is 11.2 Å². The number of nitrogens with one attached hydrogen (secondary N) is 1. The number of diazo groups is 1. The predicted molar refractivity (Wildman–Crippen MR) is 122 cm³/mol. The number of carbonyl (C=O) groups excluding carboxylic acids is 3. The van der Waals surface area contributed by atoms with Crippen LogP contribution in [0.5, 0.6) is 0 Å². The summed E-state index contributed by atoms with van der Waals surface area (Å²) < 4.78 is 10.9.